The molecule has 0 heterocycles. The molecular weight excluding hydrogens is 154 g/mol. The molecule has 1 amide bonds. The molecule has 12 heavy (non-hydrogen) atoms. The van der Waals surface area contributed by atoms with Crippen molar-refractivity contribution in [3.8, 4) is 0 Å². The molecule has 0 atom stereocenters. The first-order valence-corrected chi connectivity index (χ1v) is 4.22. The third kappa shape index (κ3) is 4.21. The van der Waals surface area contributed by atoms with Crippen LogP contribution in [0.4, 0.5) is 4.79 Å². The molecule has 70 valence electrons. The highest BCUT2D eigenvalue weighted by atomic mass is 16.6. The number of carbonyl (C=O) groups is 1. The third-order valence-corrected chi connectivity index (χ3v) is 1.35. The topological polar surface area (TPSA) is 38.3 Å². The first kappa shape index (κ1) is 6.75. The fraction of sp³-hybridized carbons (Fsp3) is 0.889. The monoisotopic (exact) mass is 173 g/mol. The van der Waals surface area contributed by atoms with Gasteiger partial charge in [-0.2, -0.15) is 0 Å². The van der Waals surface area contributed by atoms with Crippen molar-refractivity contribution in [3.05, 3.63) is 0 Å². The second-order valence-corrected chi connectivity index (χ2v) is 4.05. The van der Waals surface area contributed by atoms with Gasteiger partial charge in [0.05, 0.1) is 0 Å². The molecule has 0 aromatic carbocycles. The van der Waals surface area contributed by atoms with Crippen molar-refractivity contribution in [2.24, 2.45) is 5.92 Å². The van der Waals surface area contributed by atoms with Crippen LogP contribution in [0.5, 0.6) is 0 Å². The van der Waals surface area contributed by atoms with Gasteiger partial charge in [-0.1, -0.05) is 0 Å². The molecule has 0 saturated heterocycles. The zero-order valence-corrected chi connectivity index (χ0v) is 7.81. The lowest BCUT2D eigenvalue weighted by Gasteiger charge is -2.19. The van der Waals surface area contributed by atoms with Crippen LogP contribution >= 0.6 is 0 Å². The van der Waals surface area contributed by atoms with Gasteiger partial charge >= 0.3 is 6.09 Å². The lowest BCUT2D eigenvalue weighted by molar-refractivity contribution is 0.0525. The molecule has 0 aromatic rings. The van der Waals surface area contributed by atoms with E-state index in [1.165, 1.54) is 0 Å². The molecule has 0 aromatic heterocycles. The van der Waals surface area contributed by atoms with E-state index in [0.29, 0.717) is 0 Å². The van der Waals surface area contributed by atoms with Gasteiger partial charge in [0.25, 0.3) is 0 Å². The Morgan fingerprint density at radius 3 is 2.67 bits per heavy atom. The van der Waals surface area contributed by atoms with Gasteiger partial charge in [-0.25, -0.2) is 4.79 Å². The van der Waals surface area contributed by atoms with Crippen molar-refractivity contribution in [2.45, 2.75) is 39.2 Å². The summed E-state index contributed by atoms with van der Waals surface area (Å²) >= 11 is 0. The Morgan fingerprint density at radius 1 is 1.67 bits per heavy atom. The molecule has 1 saturated carbocycles. The predicted octanol–water partition coefficient (Wildman–Crippen LogP) is 1.92. The van der Waals surface area contributed by atoms with Crippen LogP contribution in [0.25, 0.3) is 0 Å². The van der Waals surface area contributed by atoms with Gasteiger partial charge in [0, 0.05) is 9.24 Å². The highest BCUT2D eigenvalue weighted by Crippen LogP contribution is 2.27. The SMILES string of the molecule is [2H]C([2H])(NC(=O)OC(C)(C)C)C1CC1. The van der Waals surface area contributed by atoms with Crippen LogP contribution in [0.1, 0.15) is 36.4 Å². The highest BCUT2D eigenvalue weighted by molar-refractivity contribution is 5.67. The van der Waals surface area contributed by atoms with Gasteiger partial charge in [-0.15, -0.1) is 0 Å². The number of ether oxygens (including phenoxy) is 1. The number of carbonyl (C=O) groups excluding carboxylic acids is 1. The van der Waals surface area contributed by atoms with E-state index in [2.05, 4.69) is 5.32 Å². The van der Waals surface area contributed by atoms with Crippen molar-refractivity contribution in [1.82, 2.24) is 5.32 Å². The summed E-state index contributed by atoms with van der Waals surface area (Å²) in [5.74, 6) is -0.0463. The van der Waals surface area contributed by atoms with Crippen molar-refractivity contribution in [3.63, 3.8) is 0 Å². The van der Waals surface area contributed by atoms with Gasteiger partial charge in [0.2, 0.25) is 0 Å². The minimum Gasteiger partial charge on any atom is -0.444 e. The van der Waals surface area contributed by atoms with E-state index >= 15 is 0 Å². The van der Waals surface area contributed by atoms with Gasteiger partial charge in [-0.3, -0.25) is 0 Å². The molecule has 0 unspecified atom stereocenters. The smallest absolute Gasteiger partial charge is 0.407 e. The molecule has 1 aliphatic rings. The lowest BCUT2D eigenvalue weighted by Crippen LogP contribution is -2.33. The minimum atomic E-state index is -1.62. The number of hydrogen-bond donors (Lipinski definition) is 1. The van der Waals surface area contributed by atoms with Crippen LogP contribution in [-0.4, -0.2) is 18.2 Å². The van der Waals surface area contributed by atoms with Crippen LogP contribution in [0.15, 0.2) is 0 Å². The zero-order valence-electron chi connectivity index (χ0n) is 9.81. The summed E-state index contributed by atoms with van der Waals surface area (Å²) in [5, 5.41) is 2.25. The Morgan fingerprint density at radius 2 is 2.25 bits per heavy atom. The number of alkyl carbamates (subject to hydrolysis) is 1. The van der Waals surface area contributed by atoms with Crippen molar-refractivity contribution in [2.75, 3.05) is 6.50 Å². The predicted molar refractivity (Wildman–Crippen MR) is 47.0 cm³/mol. The zero-order chi connectivity index (χ0) is 11.0. The molecular formula is C9H17NO2. The van der Waals surface area contributed by atoms with Crippen LogP contribution in [0, 0.1) is 5.92 Å². The van der Waals surface area contributed by atoms with Gasteiger partial charge in [0.1, 0.15) is 5.60 Å². The lowest BCUT2D eigenvalue weighted by atomic mass is 10.2. The molecule has 0 radical (unpaired) electrons. The van der Waals surface area contributed by atoms with Crippen LogP contribution in [0.3, 0.4) is 0 Å². The van der Waals surface area contributed by atoms with E-state index in [0.717, 1.165) is 12.8 Å². The maximum absolute atomic E-state index is 11.2. The number of rotatable bonds is 2. The van der Waals surface area contributed by atoms with Gasteiger partial charge in [0.15, 0.2) is 0 Å². The van der Waals surface area contributed by atoms with Crippen LogP contribution in [0.2, 0.25) is 0 Å². The summed E-state index contributed by atoms with van der Waals surface area (Å²) < 4.78 is 20.0. The fourth-order valence-electron chi connectivity index (χ4n) is 0.692. The normalized spacial score (nSPS) is 20.9. The molecule has 0 aliphatic heterocycles. The number of hydrogen-bond acceptors (Lipinski definition) is 2. The van der Waals surface area contributed by atoms with E-state index < -0.39 is 18.2 Å². The molecule has 1 aliphatic carbocycles. The Hall–Kier alpha value is -0.730. The second kappa shape index (κ2) is 3.33. The molecule has 3 nitrogen and oxygen atoms in total. The average molecular weight is 173 g/mol. The highest BCUT2D eigenvalue weighted by Gasteiger charge is 2.23. The van der Waals surface area contributed by atoms with E-state index in [4.69, 9.17) is 7.48 Å². The molecule has 1 N–H and O–H groups in total. The first-order valence-electron chi connectivity index (χ1n) is 5.22. The Bertz CT molecular complexity index is 231. The van der Waals surface area contributed by atoms with Crippen molar-refractivity contribution in [1.29, 1.82) is 0 Å². The van der Waals surface area contributed by atoms with Gasteiger partial charge < -0.3 is 10.1 Å². The largest absolute Gasteiger partial charge is 0.444 e. The first-order chi connectivity index (χ1) is 6.21. The standard InChI is InChI=1S/C9H17NO2/c1-9(2,3)12-8(11)10-6-7-4-5-7/h7H,4-6H2,1-3H3,(H,10,11)/i6D2. The average Bonchev–Trinajstić information content (AvgIpc) is 2.57. The summed E-state index contributed by atoms with van der Waals surface area (Å²) in [6, 6.07) is 0. The van der Waals surface area contributed by atoms with E-state index in [-0.39, 0.29) is 5.92 Å². The van der Waals surface area contributed by atoms with E-state index in [1.54, 1.807) is 20.8 Å². The number of nitrogens with one attached hydrogen (secondary N) is 1. The minimum absolute atomic E-state index is 0.0463. The summed E-state index contributed by atoms with van der Waals surface area (Å²) in [6.45, 7) is 3.63. The Balaban J connectivity index is 2.40. The van der Waals surface area contributed by atoms with E-state index in [1.807, 2.05) is 0 Å². The Labute approximate surface area is 76.3 Å². The fourth-order valence-corrected chi connectivity index (χ4v) is 0.692. The van der Waals surface area contributed by atoms with Crippen LogP contribution in [-0.2, 0) is 4.74 Å². The second-order valence-electron chi connectivity index (χ2n) is 4.05. The van der Waals surface area contributed by atoms with Gasteiger partial charge in [-0.05, 0) is 39.5 Å². The molecule has 1 rings (SSSR count). The summed E-state index contributed by atoms with van der Waals surface area (Å²) in [4.78, 5) is 11.2. The summed E-state index contributed by atoms with van der Waals surface area (Å²) in [7, 11) is 0. The maximum Gasteiger partial charge on any atom is 0.407 e. The third-order valence-electron chi connectivity index (χ3n) is 1.35. The van der Waals surface area contributed by atoms with E-state index in [9.17, 15) is 4.79 Å². The van der Waals surface area contributed by atoms with Crippen molar-refractivity contribution < 1.29 is 12.3 Å². The van der Waals surface area contributed by atoms with Crippen molar-refractivity contribution >= 4 is 6.09 Å². The molecule has 1 fully saturated rings. The molecule has 3 heteroatoms. The Kier molecular flexibility index (Phi) is 1.88. The number of amides is 1. The quantitative estimate of drug-likeness (QED) is 0.692. The summed E-state index contributed by atoms with van der Waals surface area (Å²) in [5.41, 5.74) is -0.580. The summed E-state index contributed by atoms with van der Waals surface area (Å²) in [6.07, 6.45) is 0.986. The van der Waals surface area contributed by atoms with Crippen LogP contribution < -0.4 is 5.32 Å². The molecule has 0 bridgehead atoms. The molecule has 0 spiro atoms. The maximum atomic E-state index is 11.2.